The summed E-state index contributed by atoms with van der Waals surface area (Å²) in [4.78, 5) is 11.5. The minimum absolute atomic E-state index is 0.256. The van der Waals surface area contributed by atoms with Crippen LogP contribution in [0.2, 0.25) is 0 Å². The lowest BCUT2D eigenvalue weighted by molar-refractivity contribution is -0.137. The Morgan fingerprint density at radius 3 is 2.89 bits per heavy atom. The Bertz CT molecular complexity index is 524. The normalized spacial score (nSPS) is 16.5. The van der Waals surface area contributed by atoms with Crippen molar-refractivity contribution in [3.63, 3.8) is 0 Å². The number of esters is 1. The smallest absolute Gasteiger partial charge is 0.331 e. The minimum atomic E-state index is -0.962. The third kappa shape index (κ3) is 3.10. The summed E-state index contributed by atoms with van der Waals surface area (Å²) in [5.74, 6) is -2.16. The van der Waals surface area contributed by atoms with Crippen molar-refractivity contribution < 1.29 is 23.0 Å². The second-order valence-corrected chi connectivity index (χ2v) is 4.14. The van der Waals surface area contributed by atoms with E-state index in [1.54, 1.807) is 6.92 Å². The molecule has 0 N–H and O–H groups in total. The lowest BCUT2D eigenvalue weighted by Gasteiger charge is -2.09. The van der Waals surface area contributed by atoms with E-state index in [9.17, 15) is 13.6 Å². The summed E-state index contributed by atoms with van der Waals surface area (Å²) in [5.41, 5.74) is 1.01. The van der Waals surface area contributed by atoms with Crippen molar-refractivity contribution in [3.8, 4) is 5.75 Å². The Morgan fingerprint density at radius 1 is 1.42 bits per heavy atom. The maximum atomic E-state index is 13.3. The molecule has 1 aliphatic heterocycles. The van der Waals surface area contributed by atoms with Gasteiger partial charge in [0.25, 0.3) is 0 Å². The number of allylic oxidation sites excluding steroid dienone is 1. The Labute approximate surface area is 109 Å². The highest BCUT2D eigenvalue weighted by molar-refractivity contribution is 5.92. The SMILES string of the molecule is CCOC(=O)C=C1CCCOc2cc(F)c(F)cc21. The van der Waals surface area contributed by atoms with E-state index in [0.29, 0.717) is 30.6 Å². The number of rotatable bonds is 2. The van der Waals surface area contributed by atoms with Crippen LogP contribution in [0, 0.1) is 11.6 Å². The first kappa shape index (κ1) is 13.5. The van der Waals surface area contributed by atoms with E-state index in [1.807, 2.05) is 0 Å². The third-order valence-electron chi connectivity index (χ3n) is 2.80. The van der Waals surface area contributed by atoms with E-state index in [1.165, 1.54) is 6.08 Å². The summed E-state index contributed by atoms with van der Waals surface area (Å²) < 4.78 is 36.7. The van der Waals surface area contributed by atoms with Crippen molar-refractivity contribution in [2.24, 2.45) is 0 Å². The van der Waals surface area contributed by atoms with Crippen LogP contribution in [0.1, 0.15) is 25.3 Å². The lowest BCUT2D eigenvalue weighted by Crippen LogP contribution is -2.01. The molecule has 0 aliphatic carbocycles. The lowest BCUT2D eigenvalue weighted by atomic mass is 10.0. The van der Waals surface area contributed by atoms with Crippen LogP contribution in [0.25, 0.3) is 5.57 Å². The first-order valence-corrected chi connectivity index (χ1v) is 6.11. The molecule has 3 nitrogen and oxygen atoms in total. The van der Waals surface area contributed by atoms with E-state index in [0.717, 1.165) is 12.1 Å². The van der Waals surface area contributed by atoms with Gasteiger partial charge in [0.15, 0.2) is 11.6 Å². The van der Waals surface area contributed by atoms with Gasteiger partial charge in [0.2, 0.25) is 0 Å². The summed E-state index contributed by atoms with van der Waals surface area (Å²) in [6.45, 7) is 2.37. The zero-order chi connectivity index (χ0) is 13.8. The van der Waals surface area contributed by atoms with Gasteiger partial charge in [-0.2, -0.15) is 0 Å². The number of hydrogen-bond donors (Lipinski definition) is 0. The van der Waals surface area contributed by atoms with Gasteiger partial charge in [0, 0.05) is 17.7 Å². The van der Waals surface area contributed by atoms with Crippen molar-refractivity contribution in [1.82, 2.24) is 0 Å². The molecule has 0 atom stereocenters. The van der Waals surface area contributed by atoms with Gasteiger partial charge in [-0.05, 0) is 31.4 Å². The van der Waals surface area contributed by atoms with E-state index < -0.39 is 17.6 Å². The number of ether oxygens (including phenoxy) is 2. The van der Waals surface area contributed by atoms with Crippen LogP contribution in [0.5, 0.6) is 5.75 Å². The Hall–Kier alpha value is -1.91. The van der Waals surface area contributed by atoms with E-state index >= 15 is 0 Å². The molecule has 0 spiro atoms. The van der Waals surface area contributed by atoms with E-state index in [2.05, 4.69) is 0 Å². The Kier molecular flexibility index (Phi) is 4.14. The third-order valence-corrected chi connectivity index (χ3v) is 2.80. The average Bonchev–Trinajstić information content (AvgIpc) is 2.54. The summed E-state index contributed by atoms with van der Waals surface area (Å²) in [6, 6.07) is 2.07. The van der Waals surface area contributed by atoms with Gasteiger partial charge in [-0.15, -0.1) is 0 Å². The van der Waals surface area contributed by atoms with Crippen molar-refractivity contribution in [2.45, 2.75) is 19.8 Å². The highest BCUT2D eigenvalue weighted by Gasteiger charge is 2.18. The quantitative estimate of drug-likeness (QED) is 0.610. The molecule has 0 bridgehead atoms. The maximum Gasteiger partial charge on any atom is 0.331 e. The Balaban J connectivity index is 2.42. The van der Waals surface area contributed by atoms with Gasteiger partial charge >= 0.3 is 5.97 Å². The molecule has 0 unspecified atom stereocenters. The second kappa shape index (κ2) is 5.82. The van der Waals surface area contributed by atoms with Gasteiger partial charge < -0.3 is 9.47 Å². The zero-order valence-corrected chi connectivity index (χ0v) is 10.5. The minimum Gasteiger partial charge on any atom is -0.493 e. The molecule has 0 radical (unpaired) electrons. The number of hydrogen-bond acceptors (Lipinski definition) is 3. The molecule has 1 heterocycles. The first-order chi connectivity index (χ1) is 9.11. The Morgan fingerprint density at radius 2 is 2.16 bits per heavy atom. The summed E-state index contributed by atoms with van der Waals surface area (Å²) in [6.07, 6.45) is 2.54. The highest BCUT2D eigenvalue weighted by Crippen LogP contribution is 2.34. The molecule has 5 heteroatoms. The summed E-state index contributed by atoms with van der Waals surface area (Å²) in [7, 11) is 0. The van der Waals surface area contributed by atoms with Gasteiger partial charge in [0.05, 0.1) is 13.2 Å². The molecular weight excluding hydrogens is 254 g/mol. The fraction of sp³-hybridized carbons (Fsp3) is 0.357. The van der Waals surface area contributed by atoms with Crippen LogP contribution >= 0.6 is 0 Å². The molecule has 0 saturated carbocycles. The van der Waals surface area contributed by atoms with E-state index in [4.69, 9.17) is 9.47 Å². The molecule has 102 valence electrons. The monoisotopic (exact) mass is 268 g/mol. The van der Waals surface area contributed by atoms with Crippen molar-refractivity contribution in [2.75, 3.05) is 13.2 Å². The molecule has 0 fully saturated rings. The summed E-state index contributed by atoms with van der Waals surface area (Å²) >= 11 is 0. The van der Waals surface area contributed by atoms with Crippen molar-refractivity contribution in [1.29, 1.82) is 0 Å². The predicted molar refractivity (Wildman–Crippen MR) is 65.7 cm³/mol. The average molecular weight is 268 g/mol. The van der Waals surface area contributed by atoms with Crippen LogP contribution in [-0.2, 0) is 9.53 Å². The molecule has 0 saturated heterocycles. The number of fused-ring (bicyclic) bond motifs is 1. The number of halogens is 2. The molecule has 1 aliphatic rings. The van der Waals surface area contributed by atoms with E-state index in [-0.39, 0.29) is 12.4 Å². The molecule has 1 aromatic carbocycles. The fourth-order valence-corrected chi connectivity index (χ4v) is 1.95. The van der Waals surface area contributed by atoms with Crippen LogP contribution < -0.4 is 4.74 Å². The zero-order valence-electron chi connectivity index (χ0n) is 10.5. The number of carbonyl (C=O) groups is 1. The second-order valence-electron chi connectivity index (χ2n) is 4.14. The van der Waals surface area contributed by atoms with Gasteiger partial charge in [-0.25, -0.2) is 13.6 Å². The standard InChI is InChI=1S/C14H14F2O3/c1-2-18-14(17)6-9-4-3-5-19-13-8-12(16)11(15)7-10(9)13/h6-8H,2-5H2,1H3. The largest absolute Gasteiger partial charge is 0.493 e. The van der Waals surface area contributed by atoms with Crippen LogP contribution in [0.15, 0.2) is 18.2 Å². The van der Waals surface area contributed by atoms with Gasteiger partial charge in [0.1, 0.15) is 5.75 Å². The summed E-state index contributed by atoms with van der Waals surface area (Å²) in [5, 5.41) is 0. The molecule has 19 heavy (non-hydrogen) atoms. The van der Waals surface area contributed by atoms with Crippen LogP contribution in [-0.4, -0.2) is 19.2 Å². The molecule has 2 rings (SSSR count). The van der Waals surface area contributed by atoms with Gasteiger partial charge in [-0.1, -0.05) is 0 Å². The predicted octanol–water partition coefficient (Wildman–Crippen LogP) is 3.08. The highest BCUT2D eigenvalue weighted by atomic mass is 19.2. The molecule has 1 aromatic rings. The molecular formula is C14H14F2O3. The van der Waals surface area contributed by atoms with Crippen LogP contribution in [0.4, 0.5) is 8.78 Å². The molecule has 0 aromatic heterocycles. The van der Waals surface area contributed by atoms with Crippen LogP contribution in [0.3, 0.4) is 0 Å². The van der Waals surface area contributed by atoms with Crippen molar-refractivity contribution >= 4 is 11.5 Å². The van der Waals surface area contributed by atoms with Gasteiger partial charge in [-0.3, -0.25) is 0 Å². The maximum absolute atomic E-state index is 13.3. The number of carbonyl (C=O) groups excluding carboxylic acids is 1. The number of benzene rings is 1. The first-order valence-electron chi connectivity index (χ1n) is 6.11. The van der Waals surface area contributed by atoms with Crippen molar-refractivity contribution in [3.05, 3.63) is 35.4 Å². The topological polar surface area (TPSA) is 35.5 Å². The fourth-order valence-electron chi connectivity index (χ4n) is 1.95. The molecule has 0 amide bonds.